The van der Waals surface area contributed by atoms with Crippen LogP contribution in [0, 0.1) is 5.92 Å². The van der Waals surface area contributed by atoms with Gasteiger partial charge in [-0.15, -0.1) is 12.6 Å². The molecule has 1 aliphatic heterocycles. The molecule has 0 unspecified atom stereocenters. The molecule has 5 nitrogen and oxygen atoms in total. The predicted molar refractivity (Wildman–Crippen MR) is 120 cm³/mol. The summed E-state index contributed by atoms with van der Waals surface area (Å²) >= 11 is 4.28. The van der Waals surface area contributed by atoms with E-state index in [4.69, 9.17) is 20.9 Å². The maximum atomic E-state index is 5.58. The van der Waals surface area contributed by atoms with Crippen LogP contribution < -0.4 is 20.9 Å². The molecule has 0 radical (unpaired) electrons. The third-order valence-electron chi connectivity index (χ3n) is 5.07. The fourth-order valence-electron chi connectivity index (χ4n) is 3.39. The van der Waals surface area contributed by atoms with Crippen molar-refractivity contribution in [1.82, 2.24) is 4.90 Å². The van der Waals surface area contributed by atoms with Gasteiger partial charge in [-0.05, 0) is 68.2 Å². The lowest BCUT2D eigenvalue weighted by Crippen LogP contribution is -2.38. The van der Waals surface area contributed by atoms with Crippen molar-refractivity contribution in [2.75, 3.05) is 46.9 Å². The summed E-state index contributed by atoms with van der Waals surface area (Å²) in [5.74, 6) is 2.37. The molecule has 28 heavy (non-hydrogen) atoms. The van der Waals surface area contributed by atoms with Crippen LogP contribution in [0.4, 0.5) is 0 Å². The third kappa shape index (κ3) is 6.41. The summed E-state index contributed by atoms with van der Waals surface area (Å²) in [7, 11) is 3.32. The summed E-state index contributed by atoms with van der Waals surface area (Å²) in [6.07, 6.45) is 2.52. The number of piperidine rings is 1. The zero-order valence-electron chi connectivity index (χ0n) is 16.9. The number of hydrogen-bond donors (Lipinski definition) is 3. The van der Waals surface area contributed by atoms with Crippen LogP contribution in [0.1, 0.15) is 12.8 Å². The molecule has 2 aromatic rings. The van der Waals surface area contributed by atoms with Crippen LogP contribution in [0.5, 0.6) is 11.5 Å². The van der Waals surface area contributed by atoms with Crippen molar-refractivity contribution in [2.45, 2.75) is 17.7 Å². The van der Waals surface area contributed by atoms with Gasteiger partial charge in [-0.1, -0.05) is 18.2 Å². The molecular weight excluding hydrogens is 370 g/mol. The molecule has 0 saturated carbocycles. The van der Waals surface area contributed by atoms with E-state index in [-0.39, 0.29) is 0 Å². The Morgan fingerprint density at radius 3 is 2.00 bits per heavy atom. The topological polar surface area (TPSA) is 73.7 Å². The summed E-state index contributed by atoms with van der Waals surface area (Å²) in [5, 5.41) is 0. The van der Waals surface area contributed by atoms with Crippen LogP contribution in [0.3, 0.4) is 0 Å². The molecule has 2 aromatic carbocycles. The molecule has 0 aromatic heterocycles. The van der Waals surface area contributed by atoms with Crippen molar-refractivity contribution in [3.05, 3.63) is 42.5 Å². The predicted octanol–water partition coefficient (Wildman–Crippen LogP) is 3.28. The summed E-state index contributed by atoms with van der Waals surface area (Å²) in [6.45, 7) is 5.08. The molecule has 154 valence electrons. The second-order valence-electron chi connectivity index (χ2n) is 6.89. The number of benzene rings is 2. The van der Waals surface area contributed by atoms with Gasteiger partial charge in [0.1, 0.15) is 11.5 Å². The van der Waals surface area contributed by atoms with Gasteiger partial charge in [-0.3, -0.25) is 0 Å². The van der Waals surface area contributed by atoms with E-state index in [1.165, 1.54) is 25.9 Å². The lowest BCUT2D eigenvalue weighted by Gasteiger charge is -2.30. The Kier molecular flexibility index (Phi) is 9.64. The van der Waals surface area contributed by atoms with E-state index in [1.54, 1.807) is 14.2 Å². The normalized spacial score (nSPS) is 14.9. The largest absolute Gasteiger partial charge is 0.496 e. The van der Waals surface area contributed by atoms with Crippen LogP contribution in [-0.4, -0.2) is 51.8 Å². The Labute approximate surface area is 174 Å². The van der Waals surface area contributed by atoms with Crippen molar-refractivity contribution in [3.8, 4) is 22.6 Å². The maximum Gasteiger partial charge on any atom is 0.130 e. The lowest BCUT2D eigenvalue weighted by atomic mass is 9.97. The Bertz CT molecular complexity index is 679. The quantitative estimate of drug-likeness (QED) is 0.646. The van der Waals surface area contributed by atoms with Crippen molar-refractivity contribution >= 4 is 12.6 Å². The molecule has 1 saturated heterocycles. The minimum absolute atomic E-state index is 0.768. The highest BCUT2D eigenvalue weighted by Gasteiger charge is 2.16. The lowest BCUT2D eigenvalue weighted by molar-refractivity contribution is 0.192. The number of rotatable bonds is 6. The average Bonchev–Trinajstić information content (AvgIpc) is 2.75. The smallest absolute Gasteiger partial charge is 0.130 e. The number of nitrogens with zero attached hydrogens (tertiary/aromatic N) is 1. The fraction of sp³-hybridized carbons (Fsp3) is 0.455. The summed E-state index contributed by atoms with van der Waals surface area (Å²) in [4.78, 5) is 3.36. The van der Waals surface area contributed by atoms with Gasteiger partial charge in [-0.2, -0.15) is 0 Å². The van der Waals surface area contributed by atoms with Gasteiger partial charge in [0.2, 0.25) is 0 Å². The third-order valence-corrected chi connectivity index (χ3v) is 5.37. The minimum atomic E-state index is 0.768. The molecular formula is C22H33N3O2S. The first kappa shape index (κ1) is 22.6. The van der Waals surface area contributed by atoms with Gasteiger partial charge in [-0.25, -0.2) is 0 Å². The highest BCUT2D eigenvalue weighted by Crippen LogP contribution is 2.38. The molecule has 1 heterocycles. The second kappa shape index (κ2) is 12.0. The summed E-state index contributed by atoms with van der Waals surface area (Å²) < 4.78 is 10.7. The number of nitrogens with two attached hydrogens (primary N) is 2. The Hall–Kier alpha value is -1.73. The molecule has 4 N–H and O–H groups in total. The molecule has 0 bridgehead atoms. The van der Waals surface area contributed by atoms with E-state index in [0.717, 1.165) is 53.1 Å². The maximum absolute atomic E-state index is 5.58. The van der Waals surface area contributed by atoms with Gasteiger partial charge in [0.25, 0.3) is 0 Å². The standard InChI is InChI=1S/C14H14O2S.C8H19N3/c1-15-12-4-3-5-13(16-2)14(12)10-6-8-11(17)9-7-10;9-3-6-11-4-1-8(7-10)2-5-11/h3-9,17H,1-2H3;8H,1-7,9-10H2. The summed E-state index contributed by atoms with van der Waals surface area (Å²) in [5.41, 5.74) is 13.1. The van der Waals surface area contributed by atoms with Crippen LogP contribution in [-0.2, 0) is 0 Å². The zero-order chi connectivity index (χ0) is 20.4. The van der Waals surface area contributed by atoms with E-state index in [9.17, 15) is 0 Å². The molecule has 1 aliphatic rings. The van der Waals surface area contributed by atoms with E-state index >= 15 is 0 Å². The van der Waals surface area contributed by atoms with Gasteiger partial charge in [0.15, 0.2) is 0 Å². The first-order valence-corrected chi connectivity index (χ1v) is 10.2. The van der Waals surface area contributed by atoms with Crippen molar-refractivity contribution in [1.29, 1.82) is 0 Å². The minimum Gasteiger partial charge on any atom is -0.496 e. The van der Waals surface area contributed by atoms with E-state index in [2.05, 4.69) is 17.5 Å². The van der Waals surface area contributed by atoms with Crippen LogP contribution in [0.15, 0.2) is 47.4 Å². The number of methoxy groups -OCH3 is 2. The zero-order valence-corrected chi connectivity index (χ0v) is 17.8. The first-order valence-electron chi connectivity index (χ1n) is 9.75. The summed E-state index contributed by atoms with van der Waals surface area (Å²) in [6, 6.07) is 13.7. The molecule has 0 aliphatic carbocycles. The highest BCUT2D eigenvalue weighted by molar-refractivity contribution is 7.80. The van der Waals surface area contributed by atoms with E-state index in [0.29, 0.717) is 0 Å². The molecule has 3 rings (SSSR count). The van der Waals surface area contributed by atoms with Crippen molar-refractivity contribution in [3.63, 3.8) is 0 Å². The van der Waals surface area contributed by atoms with Gasteiger partial charge in [0, 0.05) is 18.0 Å². The number of thiol groups is 1. The highest BCUT2D eigenvalue weighted by atomic mass is 32.1. The number of hydrogen-bond acceptors (Lipinski definition) is 6. The van der Waals surface area contributed by atoms with E-state index < -0.39 is 0 Å². The molecule has 6 heteroatoms. The van der Waals surface area contributed by atoms with Crippen molar-refractivity contribution in [2.24, 2.45) is 17.4 Å². The van der Waals surface area contributed by atoms with Crippen LogP contribution >= 0.6 is 12.6 Å². The van der Waals surface area contributed by atoms with Gasteiger partial charge < -0.3 is 25.8 Å². The molecule has 0 atom stereocenters. The fourth-order valence-corrected chi connectivity index (χ4v) is 3.54. The average molecular weight is 404 g/mol. The van der Waals surface area contributed by atoms with Crippen LogP contribution in [0.25, 0.3) is 11.1 Å². The van der Waals surface area contributed by atoms with Gasteiger partial charge >= 0.3 is 0 Å². The van der Waals surface area contributed by atoms with Crippen LogP contribution in [0.2, 0.25) is 0 Å². The first-order chi connectivity index (χ1) is 13.6. The Morgan fingerprint density at radius 2 is 1.54 bits per heavy atom. The number of ether oxygens (including phenoxy) is 2. The SMILES string of the molecule is COc1cccc(OC)c1-c1ccc(S)cc1.NCCN1CCC(CN)CC1. The molecule has 1 fully saturated rings. The monoisotopic (exact) mass is 403 g/mol. The molecule has 0 spiro atoms. The van der Waals surface area contributed by atoms with E-state index in [1.807, 2.05) is 42.5 Å². The second-order valence-corrected chi connectivity index (χ2v) is 7.41. The Balaban J connectivity index is 0.000000221. The van der Waals surface area contributed by atoms with Gasteiger partial charge in [0.05, 0.1) is 19.8 Å². The number of likely N-dealkylation sites (tertiary alicyclic amines) is 1. The molecule has 0 amide bonds. The Morgan fingerprint density at radius 1 is 0.964 bits per heavy atom. The van der Waals surface area contributed by atoms with Crippen molar-refractivity contribution < 1.29 is 9.47 Å².